The third-order valence-corrected chi connectivity index (χ3v) is 6.69. The Morgan fingerprint density at radius 2 is 1.77 bits per heavy atom. The maximum absolute atomic E-state index is 12.7. The molecule has 1 saturated heterocycles. The molecule has 0 bridgehead atoms. The summed E-state index contributed by atoms with van der Waals surface area (Å²) in [6.45, 7) is 7.62. The Labute approximate surface area is 179 Å². The van der Waals surface area contributed by atoms with Crippen LogP contribution in [0.2, 0.25) is 0 Å². The van der Waals surface area contributed by atoms with Gasteiger partial charge in [0.05, 0.1) is 7.11 Å². The van der Waals surface area contributed by atoms with E-state index in [0.29, 0.717) is 0 Å². The lowest BCUT2D eigenvalue weighted by Crippen LogP contribution is -2.38. The lowest BCUT2D eigenvalue weighted by atomic mass is 9.67. The summed E-state index contributed by atoms with van der Waals surface area (Å²) in [6, 6.07) is 14.6. The van der Waals surface area contributed by atoms with Gasteiger partial charge >= 0.3 is 0 Å². The number of nitrogens with zero attached hydrogens (tertiary/aromatic N) is 1. The second-order valence-corrected chi connectivity index (χ2v) is 8.43. The fraction of sp³-hybridized carbons (Fsp3) is 0.423. The number of methoxy groups -OCH3 is 1. The van der Waals surface area contributed by atoms with Crippen LogP contribution in [0.1, 0.15) is 53.7 Å². The highest BCUT2D eigenvalue weighted by Crippen LogP contribution is 2.45. The van der Waals surface area contributed by atoms with E-state index in [2.05, 4.69) is 41.7 Å². The topological polar surface area (TPSA) is 41.6 Å². The molecule has 0 aromatic heterocycles. The number of benzene rings is 2. The quantitative estimate of drug-likeness (QED) is 0.796. The Morgan fingerprint density at radius 3 is 2.40 bits per heavy atom. The number of nitrogens with one attached hydrogen (secondary N) is 1. The molecule has 0 unspecified atom stereocenters. The summed E-state index contributed by atoms with van der Waals surface area (Å²) in [7, 11) is 1.72. The van der Waals surface area contributed by atoms with Crippen LogP contribution in [0.3, 0.4) is 0 Å². The van der Waals surface area contributed by atoms with Crippen LogP contribution >= 0.6 is 0 Å². The molecule has 158 valence electrons. The van der Waals surface area contributed by atoms with E-state index < -0.39 is 0 Å². The first-order valence-electron chi connectivity index (χ1n) is 11.1. The highest BCUT2D eigenvalue weighted by Gasteiger charge is 2.35. The predicted octanol–water partition coefficient (Wildman–Crippen LogP) is 4.53. The second kappa shape index (κ2) is 8.65. The molecule has 30 heavy (non-hydrogen) atoms. The molecule has 1 heterocycles. The molecule has 4 nitrogen and oxygen atoms in total. The number of carbonyl (C=O) groups excluding carboxylic acids is 1. The van der Waals surface area contributed by atoms with Gasteiger partial charge in [-0.25, -0.2) is 0 Å². The zero-order chi connectivity index (χ0) is 21.1. The summed E-state index contributed by atoms with van der Waals surface area (Å²) in [4.78, 5) is 14.6. The van der Waals surface area contributed by atoms with Crippen molar-refractivity contribution in [2.75, 3.05) is 33.3 Å². The van der Waals surface area contributed by atoms with Crippen molar-refractivity contribution in [3.63, 3.8) is 0 Å². The van der Waals surface area contributed by atoms with Gasteiger partial charge in [0.1, 0.15) is 5.75 Å². The molecule has 2 aromatic carbocycles. The van der Waals surface area contributed by atoms with Gasteiger partial charge in [-0.15, -0.1) is 0 Å². The number of carbonyl (C=O) groups is 1. The van der Waals surface area contributed by atoms with Crippen molar-refractivity contribution >= 4 is 11.5 Å². The van der Waals surface area contributed by atoms with E-state index in [1.807, 2.05) is 30.9 Å². The molecule has 1 amide bonds. The molecule has 1 fully saturated rings. The van der Waals surface area contributed by atoms with E-state index in [1.54, 1.807) is 7.11 Å². The molecule has 0 radical (unpaired) electrons. The molecule has 1 N–H and O–H groups in total. The molecule has 1 spiro atoms. The molecular formula is C26H32N2O2. The number of piperidine rings is 1. The highest BCUT2D eigenvalue weighted by molar-refractivity contribution is 5.95. The summed E-state index contributed by atoms with van der Waals surface area (Å²) < 4.78 is 5.52. The Morgan fingerprint density at radius 1 is 1.07 bits per heavy atom. The van der Waals surface area contributed by atoms with Gasteiger partial charge < -0.3 is 15.0 Å². The van der Waals surface area contributed by atoms with Crippen molar-refractivity contribution in [1.82, 2.24) is 10.2 Å². The van der Waals surface area contributed by atoms with Crippen LogP contribution in [0, 0.1) is 5.41 Å². The highest BCUT2D eigenvalue weighted by atomic mass is 16.5. The van der Waals surface area contributed by atoms with E-state index in [9.17, 15) is 4.79 Å². The second-order valence-electron chi connectivity index (χ2n) is 8.43. The lowest BCUT2D eigenvalue weighted by molar-refractivity contribution is 0.0773. The Hall–Kier alpha value is -2.59. The molecule has 2 aliphatic rings. The van der Waals surface area contributed by atoms with Crippen molar-refractivity contribution in [2.45, 2.75) is 33.1 Å². The van der Waals surface area contributed by atoms with E-state index in [-0.39, 0.29) is 11.3 Å². The maximum atomic E-state index is 12.7. The minimum atomic E-state index is 0.0982. The Bertz CT molecular complexity index is 936. The van der Waals surface area contributed by atoms with Crippen LogP contribution < -0.4 is 10.1 Å². The first-order valence-corrected chi connectivity index (χ1v) is 11.1. The maximum Gasteiger partial charge on any atom is 0.253 e. The van der Waals surface area contributed by atoms with Gasteiger partial charge in [-0.05, 0) is 98.1 Å². The van der Waals surface area contributed by atoms with Crippen LogP contribution in [0.5, 0.6) is 5.75 Å². The Balaban J connectivity index is 1.74. The summed E-state index contributed by atoms with van der Waals surface area (Å²) in [5, 5.41) is 3.50. The van der Waals surface area contributed by atoms with Crippen molar-refractivity contribution < 1.29 is 9.53 Å². The number of rotatable bonds is 5. The largest absolute Gasteiger partial charge is 0.497 e. The van der Waals surface area contributed by atoms with Crippen LogP contribution in [0.4, 0.5) is 0 Å². The number of fused-ring (bicyclic) bond motifs is 1. The van der Waals surface area contributed by atoms with Gasteiger partial charge in [0, 0.05) is 18.7 Å². The normalized spacial score (nSPS) is 17.2. The number of amides is 1. The minimum absolute atomic E-state index is 0.0982. The van der Waals surface area contributed by atoms with Gasteiger partial charge in [-0.3, -0.25) is 4.79 Å². The third-order valence-electron chi connectivity index (χ3n) is 6.69. The van der Waals surface area contributed by atoms with Crippen LogP contribution in [-0.4, -0.2) is 44.1 Å². The van der Waals surface area contributed by atoms with Gasteiger partial charge in [0.2, 0.25) is 0 Å². The number of ether oxygens (including phenoxy) is 1. The lowest BCUT2D eigenvalue weighted by Gasteiger charge is -2.40. The summed E-state index contributed by atoms with van der Waals surface area (Å²) in [5.41, 5.74) is 6.02. The molecule has 1 aliphatic heterocycles. The van der Waals surface area contributed by atoms with Crippen LogP contribution in [0.25, 0.3) is 5.57 Å². The van der Waals surface area contributed by atoms with Crippen LogP contribution in [-0.2, 0) is 6.42 Å². The van der Waals surface area contributed by atoms with E-state index >= 15 is 0 Å². The fourth-order valence-electron chi connectivity index (χ4n) is 4.87. The molecule has 4 heteroatoms. The molecule has 0 atom stereocenters. The van der Waals surface area contributed by atoms with E-state index in [0.717, 1.165) is 56.8 Å². The van der Waals surface area contributed by atoms with Crippen molar-refractivity contribution in [2.24, 2.45) is 5.41 Å². The monoisotopic (exact) mass is 404 g/mol. The zero-order valence-electron chi connectivity index (χ0n) is 18.3. The molecule has 2 aromatic rings. The summed E-state index contributed by atoms with van der Waals surface area (Å²) >= 11 is 0. The number of hydrogen-bond acceptors (Lipinski definition) is 3. The summed E-state index contributed by atoms with van der Waals surface area (Å²) in [6.07, 6.45) is 5.88. The average molecular weight is 405 g/mol. The SMILES string of the molecule is CCN(CC)C(=O)c1ccc(C2=CC3(CCNCC3)Cc3ccc(OC)cc32)cc1. The standard InChI is InChI=1S/C26H32N2O2/c1-4-28(5-2)25(29)20-8-6-19(7-9-20)24-18-26(12-14-27-15-13-26)17-21-10-11-22(30-3)16-23(21)24/h6-11,16,18,27H,4-5,12-15,17H2,1-3H3. The third kappa shape index (κ3) is 3.89. The van der Waals surface area contributed by atoms with Crippen molar-refractivity contribution in [1.29, 1.82) is 0 Å². The smallest absolute Gasteiger partial charge is 0.253 e. The van der Waals surface area contributed by atoms with Gasteiger partial charge in [0.25, 0.3) is 5.91 Å². The number of hydrogen-bond donors (Lipinski definition) is 1. The zero-order valence-corrected chi connectivity index (χ0v) is 18.3. The summed E-state index contributed by atoms with van der Waals surface area (Å²) in [5.74, 6) is 0.982. The van der Waals surface area contributed by atoms with Crippen molar-refractivity contribution in [3.05, 3.63) is 70.8 Å². The fourth-order valence-corrected chi connectivity index (χ4v) is 4.87. The van der Waals surface area contributed by atoms with E-state index in [4.69, 9.17) is 4.74 Å². The first-order chi connectivity index (χ1) is 14.6. The van der Waals surface area contributed by atoms with E-state index in [1.165, 1.54) is 22.3 Å². The Kier molecular flexibility index (Phi) is 5.96. The predicted molar refractivity (Wildman–Crippen MR) is 122 cm³/mol. The number of allylic oxidation sites excluding steroid dienone is 1. The van der Waals surface area contributed by atoms with Gasteiger partial charge in [-0.1, -0.05) is 24.3 Å². The molecule has 0 saturated carbocycles. The first kappa shape index (κ1) is 20.7. The molecule has 4 rings (SSSR count). The molecular weight excluding hydrogens is 372 g/mol. The molecule has 1 aliphatic carbocycles. The average Bonchev–Trinajstić information content (AvgIpc) is 2.79. The minimum Gasteiger partial charge on any atom is -0.497 e. The van der Waals surface area contributed by atoms with Crippen LogP contribution in [0.15, 0.2) is 48.5 Å². The van der Waals surface area contributed by atoms with Gasteiger partial charge in [0.15, 0.2) is 0 Å². The van der Waals surface area contributed by atoms with Crippen molar-refractivity contribution in [3.8, 4) is 5.75 Å². The van der Waals surface area contributed by atoms with Gasteiger partial charge in [-0.2, -0.15) is 0 Å².